The maximum atomic E-state index is 12.4. The summed E-state index contributed by atoms with van der Waals surface area (Å²) < 4.78 is 0. The third-order valence-corrected chi connectivity index (χ3v) is 5.12. The minimum Gasteiger partial charge on any atom is -0.350 e. The van der Waals surface area contributed by atoms with Gasteiger partial charge in [0.15, 0.2) is 0 Å². The van der Waals surface area contributed by atoms with Gasteiger partial charge >= 0.3 is 0 Å². The Balaban J connectivity index is 1.53. The topological polar surface area (TPSA) is 66.5 Å². The smallest absolute Gasteiger partial charge is 0.233 e. The fourth-order valence-corrected chi connectivity index (χ4v) is 3.55. The summed E-state index contributed by atoms with van der Waals surface area (Å²) in [6, 6.07) is 7.90. The number of hydrogen-bond donors (Lipinski definition) is 1. The Morgan fingerprint density at radius 3 is 2.24 bits per heavy atom. The van der Waals surface area contributed by atoms with Crippen molar-refractivity contribution in [2.45, 2.75) is 39.2 Å². The van der Waals surface area contributed by atoms with Crippen LogP contribution < -0.4 is 5.32 Å². The molecule has 1 aromatic carbocycles. The van der Waals surface area contributed by atoms with E-state index in [1.54, 1.807) is 0 Å². The summed E-state index contributed by atoms with van der Waals surface area (Å²) in [5, 5.41) is 2.93. The van der Waals surface area contributed by atoms with Crippen LogP contribution in [0.4, 0.5) is 0 Å². The lowest BCUT2D eigenvalue weighted by atomic mass is 9.85. The Labute approximate surface area is 148 Å². The van der Waals surface area contributed by atoms with E-state index in [2.05, 4.69) is 5.32 Å². The van der Waals surface area contributed by atoms with Crippen LogP contribution in [-0.4, -0.2) is 29.2 Å². The average Bonchev–Trinajstić information content (AvgIpc) is 2.85. The number of hydrogen-bond acceptors (Lipinski definition) is 3. The van der Waals surface area contributed by atoms with Gasteiger partial charge in [0, 0.05) is 13.0 Å². The first-order valence-corrected chi connectivity index (χ1v) is 8.83. The summed E-state index contributed by atoms with van der Waals surface area (Å²) in [5.41, 5.74) is 2.20. The number of aryl methyl sites for hydroxylation is 1. The van der Waals surface area contributed by atoms with Crippen LogP contribution in [0.1, 0.15) is 43.4 Å². The van der Waals surface area contributed by atoms with Gasteiger partial charge in [-0.25, -0.2) is 0 Å². The summed E-state index contributed by atoms with van der Waals surface area (Å²) in [5.74, 6) is -0.863. The van der Waals surface area contributed by atoms with Gasteiger partial charge in [0.05, 0.1) is 17.9 Å². The quantitative estimate of drug-likeness (QED) is 0.661. The van der Waals surface area contributed by atoms with Crippen LogP contribution >= 0.6 is 0 Å². The Bertz CT molecular complexity index is 682. The number of allylic oxidation sites excluding steroid dienone is 2. The third-order valence-electron chi connectivity index (χ3n) is 5.12. The molecule has 5 nitrogen and oxygen atoms in total. The number of likely N-dealkylation sites (tertiary alicyclic amines) is 1. The molecule has 1 aromatic rings. The Hall–Kier alpha value is -2.43. The fourth-order valence-electron chi connectivity index (χ4n) is 3.55. The van der Waals surface area contributed by atoms with E-state index < -0.39 is 0 Å². The zero-order valence-corrected chi connectivity index (χ0v) is 14.7. The minimum atomic E-state index is -0.230. The van der Waals surface area contributed by atoms with Crippen molar-refractivity contribution in [2.75, 3.05) is 6.54 Å². The molecule has 0 radical (unpaired) electrons. The Morgan fingerprint density at radius 1 is 1.12 bits per heavy atom. The Morgan fingerprint density at radius 2 is 1.68 bits per heavy atom. The van der Waals surface area contributed by atoms with Gasteiger partial charge in [-0.05, 0) is 32.3 Å². The molecule has 25 heavy (non-hydrogen) atoms. The van der Waals surface area contributed by atoms with Crippen molar-refractivity contribution >= 4 is 17.7 Å². The van der Waals surface area contributed by atoms with Gasteiger partial charge in [-0.15, -0.1) is 0 Å². The summed E-state index contributed by atoms with van der Waals surface area (Å²) >= 11 is 0. The number of carbonyl (C=O) groups is 3. The van der Waals surface area contributed by atoms with Gasteiger partial charge in [-0.1, -0.05) is 42.0 Å². The number of rotatable bonds is 5. The minimum absolute atomic E-state index is 0.107. The maximum absolute atomic E-state index is 12.4. The number of carbonyl (C=O) groups excluding carboxylic acids is 3. The highest BCUT2D eigenvalue weighted by atomic mass is 16.2. The van der Waals surface area contributed by atoms with Crippen molar-refractivity contribution < 1.29 is 14.4 Å². The molecular weight excluding hydrogens is 316 g/mol. The monoisotopic (exact) mass is 340 g/mol. The highest BCUT2D eigenvalue weighted by Crippen LogP contribution is 2.34. The molecule has 0 unspecified atom stereocenters. The number of amides is 3. The lowest BCUT2D eigenvalue weighted by Crippen LogP contribution is -2.36. The van der Waals surface area contributed by atoms with Crippen LogP contribution in [0.2, 0.25) is 0 Å². The Kier molecular flexibility index (Phi) is 5.02. The van der Waals surface area contributed by atoms with E-state index in [-0.39, 0.29) is 48.6 Å². The first-order chi connectivity index (χ1) is 12.0. The van der Waals surface area contributed by atoms with Crippen molar-refractivity contribution in [3.63, 3.8) is 0 Å². The van der Waals surface area contributed by atoms with Crippen molar-refractivity contribution in [3.05, 3.63) is 47.5 Å². The van der Waals surface area contributed by atoms with E-state index >= 15 is 0 Å². The molecule has 1 heterocycles. The average molecular weight is 340 g/mol. The van der Waals surface area contributed by atoms with Crippen LogP contribution in [-0.2, 0) is 14.4 Å². The molecule has 3 amide bonds. The molecule has 2 aliphatic rings. The van der Waals surface area contributed by atoms with Crippen LogP contribution in [0, 0.1) is 18.8 Å². The standard InChI is InChI=1S/C20H24N2O3/c1-13-7-9-15(10-8-13)14(2)21-18(23)11-12-22-19(24)16-5-3-4-6-17(16)20(22)25/h3-4,7-10,14,16-17H,5-6,11-12H2,1-2H3,(H,21,23)/t14-,16-,17+/m1/s1. The number of benzene rings is 1. The van der Waals surface area contributed by atoms with Gasteiger partial charge in [-0.2, -0.15) is 0 Å². The normalized spacial score (nSPS) is 23.5. The van der Waals surface area contributed by atoms with Crippen LogP contribution in [0.25, 0.3) is 0 Å². The second kappa shape index (κ2) is 7.21. The van der Waals surface area contributed by atoms with Crippen molar-refractivity contribution in [2.24, 2.45) is 11.8 Å². The van der Waals surface area contributed by atoms with Gasteiger partial charge in [-0.3, -0.25) is 19.3 Å². The van der Waals surface area contributed by atoms with E-state index in [9.17, 15) is 14.4 Å². The highest BCUT2D eigenvalue weighted by Gasteiger charge is 2.46. The molecule has 132 valence electrons. The largest absolute Gasteiger partial charge is 0.350 e. The van der Waals surface area contributed by atoms with Crippen LogP contribution in [0.15, 0.2) is 36.4 Å². The summed E-state index contributed by atoms with van der Waals surface area (Å²) in [7, 11) is 0. The molecule has 0 spiro atoms. The van der Waals surface area contributed by atoms with E-state index in [1.807, 2.05) is 50.3 Å². The predicted octanol–water partition coefficient (Wildman–Crippen LogP) is 2.51. The first-order valence-electron chi connectivity index (χ1n) is 8.83. The number of imide groups is 1. The molecule has 3 rings (SSSR count). The van der Waals surface area contributed by atoms with Gasteiger partial charge < -0.3 is 5.32 Å². The molecule has 1 aliphatic heterocycles. The van der Waals surface area contributed by atoms with E-state index in [1.165, 1.54) is 10.5 Å². The zero-order chi connectivity index (χ0) is 18.0. The van der Waals surface area contributed by atoms with E-state index in [0.29, 0.717) is 12.8 Å². The SMILES string of the molecule is Cc1ccc([C@@H](C)NC(=O)CCN2C(=O)[C@H]3CC=CC[C@H]3C2=O)cc1. The first kappa shape index (κ1) is 17.4. The van der Waals surface area contributed by atoms with Gasteiger partial charge in [0.25, 0.3) is 0 Å². The molecule has 3 atom stereocenters. The van der Waals surface area contributed by atoms with Gasteiger partial charge in [0.1, 0.15) is 0 Å². The van der Waals surface area contributed by atoms with Crippen LogP contribution in [0.5, 0.6) is 0 Å². The highest BCUT2D eigenvalue weighted by molar-refractivity contribution is 6.05. The molecule has 0 aromatic heterocycles. The van der Waals surface area contributed by atoms with Crippen molar-refractivity contribution in [3.8, 4) is 0 Å². The summed E-state index contributed by atoms with van der Waals surface area (Å²) in [6.07, 6.45) is 5.32. The summed E-state index contributed by atoms with van der Waals surface area (Å²) in [6.45, 7) is 4.11. The van der Waals surface area contributed by atoms with Crippen molar-refractivity contribution in [1.82, 2.24) is 10.2 Å². The second-order valence-corrected chi connectivity index (χ2v) is 6.93. The third kappa shape index (κ3) is 3.65. The molecule has 1 aliphatic carbocycles. The van der Waals surface area contributed by atoms with Crippen LogP contribution in [0.3, 0.4) is 0 Å². The number of nitrogens with one attached hydrogen (secondary N) is 1. The van der Waals surface area contributed by atoms with Gasteiger partial charge in [0.2, 0.25) is 17.7 Å². The second-order valence-electron chi connectivity index (χ2n) is 6.93. The molecule has 5 heteroatoms. The number of fused-ring (bicyclic) bond motifs is 1. The molecule has 0 saturated carbocycles. The zero-order valence-electron chi connectivity index (χ0n) is 14.7. The summed E-state index contributed by atoms with van der Waals surface area (Å²) in [4.78, 5) is 38.2. The predicted molar refractivity (Wildman–Crippen MR) is 94.4 cm³/mol. The maximum Gasteiger partial charge on any atom is 0.233 e. The molecule has 0 bridgehead atoms. The molecular formula is C20H24N2O3. The van der Waals surface area contributed by atoms with Crippen molar-refractivity contribution in [1.29, 1.82) is 0 Å². The molecule has 1 saturated heterocycles. The van der Waals surface area contributed by atoms with E-state index in [0.717, 1.165) is 5.56 Å². The lowest BCUT2D eigenvalue weighted by molar-refractivity contribution is -0.140. The van der Waals surface area contributed by atoms with E-state index in [4.69, 9.17) is 0 Å². The molecule has 1 N–H and O–H groups in total. The molecule has 1 fully saturated rings. The lowest BCUT2D eigenvalue weighted by Gasteiger charge is -2.17. The number of nitrogens with zero attached hydrogens (tertiary/aromatic N) is 1. The fraction of sp³-hybridized carbons (Fsp3) is 0.450.